The number of hydrogen-bond donors (Lipinski definition) is 1. The summed E-state index contributed by atoms with van der Waals surface area (Å²) in [6.45, 7) is 0. The molecule has 1 rings (SSSR count). The van der Waals surface area contributed by atoms with Crippen molar-refractivity contribution < 1.29 is 5.11 Å². The van der Waals surface area contributed by atoms with Gasteiger partial charge >= 0.3 is 52.1 Å². The second-order valence-corrected chi connectivity index (χ2v) is 4.08. The van der Waals surface area contributed by atoms with Crippen LogP contribution in [-0.2, 0) is 0 Å². The van der Waals surface area contributed by atoms with E-state index in [0.717, 1.165) is 0 Å². The van der Waals surface area contributed by atoms with E-state index in [9.17, 15) is 0 Å². The number of aliphatic hydroxyl groups excluding tert-OH is 1. The first-order valence-corrected chi connectivity index (χ1v) is 4.74. The Hall–Kier alpha value is 0.128. The van der Waals surface area contributed by atoms with Gasteiger partial charge in [0.05, 0.1) is 0 Å². The normalized spacial score (nSPS) is 17.0. The molecule has 1 aliphatic rings. The molecule has 1 nitrogen and oxygen atoms in total. The molecule has 1 aliphatic heterocycles. The van der Waals surface area contributed by atoms with Gasteiger partial charge < -0.3 is 0 Å². The fourth-order valence-electron chi connectivity index (χ4n) is 0.354. The van der Waals surface area contributed by atoms with Crippen LogP contribution in [0.15, 0.2) is 22.3 Å². The fraction of sp³-hybridized carbons (Fsp3) is 0. The van der Waals surface area contributed by atoms with Crippen LogP contribution in [0.2, 0.25) is 0 Å². The molecular weight excluding hydrogens is 198 g/mol. The summed E-state index contributed by atoms with van der Waals surface area (Å²) in [6, 6.07) is 0. The van der Waals surface area contributed by atoms with Crippen LogP contribution >= 0.6 is 0 Å². The second kappa shape index (κ2) is 2.44. The third kappa shape index (κ3) is 1.58. The Kier molecular flexibility index (Phi) is 1.84. The molecule has 0 unspecified atom stereocenters. The molecule has 0 radical (unpaired) electrons. The Balaban J connectivity index is 2.82. The maximum absolute atomic E-state index is 8.75. The molecule has 1 heterocycles. The first kappa shape index (κ1) is 5.27. The van der Waals surface area contributed by atoms with Crippen LogP contribution in [0.3, 0.4) is 0 Å². The predicted octanol–water partition coefficient (Wildman–Crippen LogP) is 0.277. The van der Waals surface area contributed by atoms with Crippen LogP contribution in [0.1, 0.15) is 0 Å². The zero-order valence-corrected chi connectivity index (χ0v) is 6.26. The minimum absolute atomic E-state index is 0.447. The molecule has 36 valence electrons. The molecule has 0 aromatic rings. The van der Waals surface area contributed by atoms with Gasteiger partial charge in [0, 0.05) is 0 Å². The summed E-state index contributed by atoms with van der Waals surface area (Å²) in [6.07, 6.45) is 5.60. The fourth-order valence-corrected chi connectivity index (χ4v) is 1.81. The van der Waals surface area contributed by atoms with Crippen LogP contribution in [0.25, 0.3) is 0 Å². The third-order valence-electron chi connectivity index (χ3n) is 0.649. The number of allylic oxidation sites excluding steroid dienone is 2. The van der Waals surface area contributed by atoms with Gasteiger partial charge in [-0.3, -0.25) is 0 Å². The van der Waals surface area contributed by atoms with E-state index in [-0.39, 0.29) is 0 Å². The minimum atomic E-state index is -0.447. The van der Waals surface area contributed by atoms with Crippen LogP contribution in [0.4, 0.5) is 0 Å². The molecule has 0 amide bonds. The number of aliphatic hydroxyl groups is 1. The van der Waals surface area contributed by atoms with Gasteiger partial charge in [0.25, 0.3) is 0 Å². The average molecular weight is 203 g/mol. The topological polar surface area (TPSA) is 20.2 Å². The van der Waals surface area contributed by atoms with Gasteiger partial charge in [0.2, 0.25) is 0 Å². The SMILES string of the molecule is O[C]1=[Sb][CH]=CC=C1. The summed E-state index contributed by atoms with van der Waals surface area (Å²) >= 11 is -0.447. The van der Waals surface area contributed by atoms with Crippen molar-refractivity contribution in [3.05, 3.63) is 22.3 Å². The van der Waals surface area contributed by atoms with Crippen molar-refractivity contribution >= 4 is 24.8 Å². The van der Waals surface area contributed by atoms with E-state index in [1.54, 1.807) is 6.08 Å². The first-order chi connectivity index (χ1) is 3.39. The summed E-state index contributed by atoms with van der Waals surface area (Å²) in [5, 5.41) is 8.75. The first-order valence-electron chi connectivity index (χ1n) is 1.99. The summed E-state index contributed by atoms with van der Waals surface area (Å²) < 4.78 is 2.66. The van der Waals surface area contributed by atoms with Crippen molar-refractivity contribution in [2.75, 3.05) is 0 Å². The molecule has 0 spiro atoms. The summed E-state index contributed by atoms with van der Waals surface area (Å²) in [7, 11) is 0. The van der Waals surface area contributed by atoms with Crippen molar-refractivity contribution in [1.82, 2.24) is 0 Å². The van der Waals surface area contributed by atoms with Crippen LogP contribution in [0.5, 0.6) is 0 Å². The van der Waals surface area contributed by atoms with Crippen LogP contribution in [-0.4, -0.2) is 29.9 Å². The van der Waals surface area contributed by atoms with Gasteiger partial charge in [0.1, 0.15) is 0 Å². The van der Waals surface area contributed by atoms with Crippen LogP contribution in [0, 0.1) is 0 Å². The average Bonchev–Trinajstić information content (AvgIpc) is 1.69. The Morgan fingerprint density at radius 3 is 2.57 bits per heavy atom. The van der Waals surface area contributed by atoms with Crippen molar-refractivity contribution in [3.63, 3.8) is 0 Å². The third-order valence-corrected chi connectivity index (χ3v) is 2.75. The van der Waals surface area contributed by atoms with Gasteiger partial charge in [-0.25, -0.2) is 0 Å². The Morgan fingerprint density at radius 1 is 1.43 bits per heavy atom. The summed E-state index contributed by atoms with van der Waals surface area (Å²) in [5.41, 5.74) is 0. The van der Waals surface area contributed by atoms with Gasteiger partial charge in [-0.15, -0.1) is 0 Å². The molecule has 0 atom stereocenters. The second-order valence-electron chi connectivity index (χ2n) is 1.19. The van der Waals surface area contributed by atoms with E-state index in [1.165, 1.54) is 0 Å². The van der Waals surface area contributed by atoms with Gasteiger partial charge in [-0.1, -0.05) is 0 Å². The van der Waals surface area contributed by atoms with Gasteiger partial charge in [0.15, 0.2) is 0 Å². The summed E-state index contributed by atoms with van der Waals surface area (Å²) in [4.78, 5) is 0. The Morgan fingerprint density at radius 2 is 2.29 bits per heavy atom. The monoisotopic (exact) mass is 202 g/mol. The van der Waals surface area contributed by atoms with Crippen molar-refractivity contribution in [2.45, 2.75) is 0 Å². The van der Waals surface area contributed by atoms with E-state index >= 15 is 0 Å². The van der Waals surface area contributed by atoms with Crippen molar-refractivity contribution in [3.8, 4) is 0 Å². The zero-order valence-electron chi connectivity index (χ0n) is 3.70. The molecule has 7 heavy (non-hydrogen) atoms. The van der Waals surface area contributed by atoms with E-state index < -0.39 is 21.1 Å². The molecule has 0 bridgehead atoms. The zero-order chi connectivity index (χ0) is 5.11. The van der Waals surface area contributed by atoms with E-state index in [0.29, 0.717) is 3.63 Å². The van der Waals surface area contributed by atoms with Gasteiger partial charge in [-0.05, 0) is 0 Å². The standard InChI is InChI=1S/C5H5O.Sb/c1-2-3-4-5-6;/h1-4,6H;. The van der Waals surface area contributed by atoms with E-state index in [1.807, 2.05) is 12.2 Å². The van der Waals surface area contributed by atoms with Gasteiger partial charge in [-0.2, -0.15) is 0 Å². The molecule has 1 N–H and O–H groups in total. The molecule has 0 aliphatic carbocycles. The Labute approximate surface area is 52.4 Å². The molecule has 0 saturated heterocycles. The predicted molar refractivity (Wildman–Crippen MR) is 31.0 cm³/mol. The summed E-state index contributed by atoms with van der Waals surface area (Å²) in [5.74, 6) is 0. The number of hydrogen-bond acceptors (Lipinski definition) is 1. The molecule has 2 heteroatoms. The Bertz CT molecular complexity index is 144. The quantitative estimate of drug-likeness (QED) is 0.560. The molecule has 0 aromatic carbocycles. The molecule has 0 fully saturated rings. The maximum atomic E-state index is 8.75. The molecule has 0 aromatic heterocycles. The molecular formula is C5H5OSb. The van der Waals surface area contributed by atoms with E-state index in [2.05, 4.69) is 4.02 Å². The van der Waals surface area contributed by atoms with E-state index in [4.69, 9.17) is 5.11 Å². The van der Waals surface area contributed by atoms with Crippen molar-refractivity contribution in [1.29, 1.82) is 0 Å². The van der Waals surface area contributed by atoms with Crippen LogP contribution < -0.4 is 0 Å². The van der Waals surface area contributed by atoms with Crippen molar-refractivity contribution in [2.24, 2.45) is 0 Å². The molecule has 0 saturated carbocycles. The number of rotatable bonds is 0.